The number of halogens is 1. The number of anilines is 1. The van der Waals surface area contributed by atoms with Crippen molar-refractivity contribution in [3.05, 3.63) is 40.9 Å². The van der Waals surface area contributed by atoms with Crippen molar-refractivity contribution in [2.45, 2.75) is 32.7 Å². The summed E-state index contributed by atoms with van der Waals surface area (Å²) in [5, 5.41) is 3.08. The smallest absolute Gasteiger partial charge is 0.329 e. The van der Waals surface area contributed by atoms with Crippen molar-refractivity contribution >= 4 is 41.0 Å². The lowest BCUT2D eigenvalue weighted by atomic mass is 9.85. The minimum absolute atomic E-state index is 0.359. The zero-order valence-corrected chi connectivity index (χ0v) is 16.4. The molecule has 1 saturated heterocycles. The van der Waals surface area contributed by atoms with Crippen LogP contribution in [0.2, 0.25) is 5.02 Å². The number of benzene rings is 1. The van der Waals surface area contributed by atoms with E-state index in [9.17, 15) is 19.2 Å². The first-order valence-electron chi connectivity index (χ1n) is 9.04. The van der Waals surface area contributed by atoms with Crippen LogP contribution in [0, 0.1) is 18.8 Å². The molecule has 1 N–H and O–H groups in total. The number of fused-ring (bicyclic) bond motifs is 1. The molecule has 1 aliphatic heterocycles. The molecule has 0 radical (unpaired) electrons. The van der Waals surface area contributed by atoms with E-state index < -0.39 is 36.4 Å². The number of carbonyl (C=O) groups excluding carboxylic acids is 4. The molecule has 0 bridgehead atoms. The molecule has 148 valence electrons. The number of rotatable bonds is 5. The van der Waals surface area contributed by atoms with Crippen LogP contribution in [0.5, 0.6) is 0 Å². The molecule has 0 unspecified atom stereocenters. The average Bonchev–Trinajstić information content (AvgIpc) is 2.93. The third-order valence-corrected chi connectivity index (χ3v) is 5.32. The van der Waals surface area contributed by atoms with Gasteiger partial charge in [0, 0.05) is 10.7 Å². The Labute approximate surface area is 167 Å². The van der Waals surface area contributed by atoms with E-state index in [2.05, 4.69) is 5.32 Å². The van der Waals surface area contributed by atoms with Crippen LogP contribution < -0.4 is 5.32 Å². The Bertz CT molecular complexity index is 840. The van der Waals surface area contributed by atoms with E-state index in [0.717, 1.165) is 10.5 Å². The number of esters is 1. The summed E-state index contributed by atoms with van der Waals surface area (Å²) in [4.78, 5) is 50.4. The number of allylic oxidation sites excluding steroid dienone is 2. The number of hydrogen-bond acceptors (Lipinski definition) is 5. The predicted molar refractivity (Wildman–Crippen MR) is 102 cm³/mol. The second-order valence-electron chi connectivity index (χ2n) is 6.99. The van der Waals surface area contributed by atoms with Gasteiger partial charge in [0.2, 0.25) is 11.8 Å². The first-order valence-corrected chi connectivity index (χ1v) is 9.42. The van der Waals surface area contributed by atoms with Crippen molar-refractivity contribution in [3.8, 4) is 0 Å². The maximum atomic E-state index is 12.5. The van der Waals surface area contributed by atoms with Gasteiger partial charge < -0.3 is 10.1 Å². The van der Waals surface area contributed by atoms with Crippen LogP contribution in [0.25, 0.3) is 0 Å². The standard InChI is InChI=1S/C20H21ClN2O5/c1-11-7-8-13(21)9-16(11)22-17(24)10-28-20(27)12(2)23-18(25)14-5-3-4-6-15(14)19(23)26/h3-4,7-9,12,14-15H,5-6,10H2,1-2H3,(H,22,24)/t12-,14-,15-/m0/s1. The third kappa shape index (κ3) is 3.94. The summed E-state index contributed by atoms with van der Waals surface area (Å²) in [6, 6.07) is 3.97. The molecule has 1 aromatic rings. The topological polar surface area (TPSA) is 92.8 Å². The highest BCUT2D eigenvalue weighted by atomic mass is 35.5. The fourth-order valence-corrected chi connectivity index (χ4v) is 3.66. The molecule has 0 spiro atoms. The van der Waals surface area contributed by atoms with Crippen molar-refractivity contribution in [2.75, 3.05) is 11.9 Å². The summed E-state index contributed by atoms with van der Waals surface area (Å²) in [5.74, 6) is -2.89. The van der Waals surface area contributed by atoms with Gasteiger partial charge in [-0.25, -0.2) is 4.79 Å². The van der Waals surface area contributed by atoms with Gasteiger partial charge in [-0.15, -0.1) is 0 Å². The van der Waals surface area contributed by atoms with Crippen molar-refractivity contribution in [2.24, 2.45) is 11.8 Å². The Kier molecular flexibility index (Phi) is 5.84. The molecular weight excluding hydrogens is 384 g/mol. The van der Waals surface area contributed by atoms with Gasteiger partial charge in [0.05, 0.1) is 11.8 Å². The predicted octanol–water partition coefficient (Wildman–Crippen LogP) is 2.47. The second kappa shape index (κ2) is 8.14. The lowest BCUT2D eigenvalue weighted by Gasteiger charge is -2.21. The van der Waals surface area contributed by atoms with Gasteiger partial charge in [0.1, 0.15) is 6.04 Å². The molecule has 3 atom stereocenters. The molecule has 7 nitrogen and oxygen atoms in total. The SMILES string of the molecule is Cc1ccc(Cl)cc1NC(=O)COC(=O)[C@H](C)N1C(=O)[C@H]2CC=CC[C@@H]2C1=O. The lowest BCUT2D eigenvalue weighted by Crippen LogP contribution is -2.45. The quantitative estimate of drug-likeness (QED) is 0.462. The summed E-state index contributed by atoms with van der Waals surface area (Å²) < 4.78 is 5.02. The van der Waals surface area contributed by atoms with E-state index in [1.807, 2.05) is 12.2 Å². The Morgan fingerprint density at radius 2 is 1.82 bits per heavy atom. The number of nitrogens with zero attached hydrogens (tertiary/aromatic N) is 1. The number of imide groups is 1. The zero-order valence-electron chi connectivity index (χ0n) is 15.6. The molecule has 8 heteroatoms. The van der Waals surface area contributed by atoms with Crippen molar-refractivity contribution in [1.29, 1.82) is 0 Å². The Balaban J connectivity index is 1.57. The normalized spacial score (nSPS) is 22.0. The number of aryl methyl sites for hydroxylation is 1. The van der Waals surface area contributed by atoms with Gasteiger partial charge in [-0.2, -0.15) is 0 Å². The van der Waals surface area contributed by atoms with Gasteiger partial charge in [0.15, 0.2) is 6.61 Å². The molecule has 2 aliphatic rings. The number of ether oxygens (including phenoxy) is 1. The highest BCUT2D eigenvalue weighted by Gasteiger charge is 2.50. The number of amides is 3. The summed E-state index contributed by atoms with van der Waals surface area (Å²) in [5.41, 5.74) is 1.32. The van der Waals surface area contributed by atoms with Gasteiger partial charge in [0.25, 0.3) is 5.91 Å². The summed E-state index contributed by atoms with van der Waals surface area (Å²) in [6.07, 6.45) is 4.74. The Morgan fingerprint density at radius 3 is 2.43 bits per heavy atom. The highest BCUT2D eigenvalue weighted by molar-refractivity contribution is 6.31. The maximum absolute atomic E-state index is 12.5. The van der Waals surface area contributed by atoms with Gasteiger partial charge in [-0.3, -0.25) is 19.3 Å². The van der Waals surface area contributed by atoms with Crippen molar-refractivity contribution in [3.63, 3.8) is 0 Å². The lowest BCUT2D eigenvalue weighted by molar-refractivity contribution is -0.159. The fourth-order valence-electron chi connectivity index (χ4n) is 3.49. The minimum Gasteiger partial charge on any atom is -0.454 e. The van der Waals surface area contributed by atoms with Crippen LogP contribution in [0.15, 0.2) is 30.4 Å². The molecule has 28 heavy (non-hydrogen) atoms. The van der Waals surface area contributed by atoms with Gasteiger partial charge >= 0.3 is 5.97 Å². The van der Waals surface area contributed by atoms with E-state index in [4.69, 9.17) is 16.3 Å². The molecule has 1 heterocycles. The summed E-state index contributed by atoms with van der Waals surface area (Å²) >= 11 is 5.91. The van der Waals surface area contributed by atoms with E-state index in [-0.39, 0.29) is 11.8 Å². The van der Waals surface area contributed by atoms with E-state index in [0.29, 0.717) is 23.6 Å². The molecule has 3 amide bonds. The average molecular weight is 405 g/mol. The van der Waals surface area contributed by atoms with Crippen molar-refractivity contribution < 1.29 is 23.9 Å². The summed E-state index contributed by atoms with van der Waals surface area (Å²) in [6.45, 7) is 2.71. The molecule has 1 aromatic carbocycles. The first-order chi connectivity index (χ1) is 13.3. The third-order valence-electron chi connectivity index (χ3n) is 5.09. The van der Waals surface area contributed by atoms with Crippen LogP contribution in [-0.4, -0.2) is 41.2 Å². The van der Waals surface area contributed by atoms with E-state index in [1.54, 1.807) is 25.1 Å². The van der Waals surface area contributed by atoms with E-state index >= 15 is 0 Å². The number of carbonyl (C=O) groups is 4. The van der Waals surface area contributed by atoms with Gasteiger partial charge in [-0.05, 0) is 44.4 Å². The Morgan fingerprint density at radius 1 is 1.21 bits per heavy atom. The molecular formula is C20H21ClN2O5. The molecule has 0 aromatic heterocycles. The number of likely N-dealkylation sites (tertiary alicyclic amines) is 1. The minimum atomic E-state index is -1.08. The second-order valence-corrected chi connectivity index (χ2v) is 7.43. The zero-order chi connectivity index (χ0) is 20.4. The molecule has 0 saturated carbocycles. The monoisotopic (exact) mass is 404 g/mol. The highest BCUT2D eigenvalue weighted by Crippen LogP contribution is 2.36. The van der Waals surface area contributed by atoms with Crippen LogP contribution in [0.1, 0.15) is 25.3 Å². The number of hydrogen-bond donors (Lipinski definition) is 1. The fraction of sp³-hybridized carbons (Fsp3) is 0.400. The van der Waals surface area contributed by atoms with E-state index in [1.165, 1.54) is 6.92 Å². The van der Waals surface area contributed by atoms with Crippen LogP contribution in [0.4, 0.5) is 5.69 Å². The molecule has 3 rings (SSSR count). The molecule has 1 fully saturated rings. The van der Waals surface area contributed by atoms with Crippen LogP contribution in [-0.2, 0) is 23.9 Å². The maximum Gasteiger partial charge on any atom is 0.329 e. The largest absolute Gasteiger partial charge is 0.454 e. The van der Waals surface area contributed by atoms with Crippen LogP contribution in [0.3, 0.4) is 0 Å². The van der Waals surface area contributed by atoms with Crippen LogP contribution >= 0.6 is 11.6 Å². The molecule has 1 aliphatic carbocycles. The van der Waals surface area contributed by atoms with Crippen molar-refractivity contribution in [1.82, 2.24) is 4.90 Å². The Hall–Kier alpha value is -2.67. The summed E-state index contributed by atoms with van der Waals surface area (Å²) in [7, 11) is 0. The first kappa shape index (κ1) is 20.1. The van der Waals surface area contributed by atoms with Gasteiger partial charge in [-0.1, -0.05) is 29.8 Å². The number of nitrogens with one attached hydrogen (secondary N) is 1.